The average molecular weight is 345 g/mol. The summed E-state index contributed by atoms with van der Waals surface area (Å²) in [7, 11) is 0. The molecule has 2 atom stereocenters. The largest absolute Gasteiger partial charge is 0.370 e. The maximum Gasteiger partial charge on any atom is 0.242 e. The van der Waals surface area contributed by atoms with Gasteiger partial charge in [-0.3, -0.25) is 9.59 Å². The molecular formula is C19H27N3O3. The Morgan fingerprint density at radius 1 is 1.36 bits per heavy atom. The van der Waals surface area contributed by atoms with E-state index in [0.717, 1.165) is 12.1 Å². The predicted molar refractivity (Wildman–Crippen MR) is 95.2 cm³/mol. The molecule has 6 heteroatoms. The van der Waals surface area contributed by atoms with Crippen LogP contribution < -0.4 is 5.32 Å². The van der Waals surface area contributed by atoms with E-state index in [-0.39, 0.29) is 30.5 Å². The minimum Gasteiger partial charge on any atom is -0.370 e. The van der Waals surface area contributed by atoms with E-state index in [4.69, 9.17) is 4.74 Å². The quantitative estimate of drug-likeness (QED) is 0.889. The van der Waals surface area contributed by atoms with Crippen molar-refractivity contribution in [2.45, 2.75) is 32.9 Å². The summed E-state index contributed by atoms with van der Waals surface area (Å²) in [4.78, 5) is 28.3. The number of nitrogens with zero attached hydrogens (tertiary/aromatic N) is 2. The van der Waals surface area contributed by atoms with Gasteiger partial charge < -0.3 is 19.9 Å². The monoisotopic (exact) mass is 345 g/mol. The number of rotatable bonds is 3. The molecule has 0 spiro atoms. The van der Waals surface area contributed by atoms with Gasteiger partial charge in [0.1, 0.15) is 6.10 Å². The van der Waals surface area contributed by atoms with Crippen molar-refractivity contribution in [1.29, 1.82) is 0 Å². The van der Waals surface area contributed by atoms with Gasteiger partial charge in [0, 0.05) is 13.1 Å². The zero-order chi connectivity index (χ0) is 18.0. The van der Waals surface area contributed by atoms with Gasteiger partial charge in [-0.15, -0.1) is 0 Å². The fraction of sp³-hybridized carbons (Fsp3) is 0.579. The Morgan fingerprint density at radius 3 is 2.92 bits per heavy atom. The highest BCUT2D eigenvalue weighted by molar-refractivity contribution is 5.86. The third-order valence-corrected chi connectivity index (χ3v) is 5.05. The van der Waals surface area contributed by atoms with Gasteiger partial charge in [0.25, 0.3) is 0 Å². The number of aryl methyl sites for hydroxylation is 2. The van der Waals surface area contributed by atoms with E-state index in [0.29, 0.717) is 26.2 Å². The van der Waals surface area contributed by atoms with Crippen molar-refractivity contribution in [3.05, 3.63) is 34.9 Å². The van der Waals surface area contributed by atoms with E-state index in [1.165, 1.54) is 11.1 Å². The third kappa shape index (κ3) is 4.02. The number of benzene rings is 1. The molecule has 1 N–H and O–H groups in total. The van der Waals surface area contributed by atoms with Crippen LogP contribution >= 0.6 is 0 Å². The van der Waals surface area contributed by atoms with Crippen molar-refractivity contribution < 1.29 is 14.3 Å². The number of nitrogens with one attached hydrogen (secondary N) is 1. The molecule has 1 aromatic rings. The number of hydrogen-bond donors (Lipinski definition) is 1. The first-order valence-electron chi connectivity index (χ1n) is 8.92. The van der Waals surface area contributed by atoms with Gasteiger partial charge in [0.15, 0.2) is 0 Å². The number of carbonyl (C=O) groups excluding carboxylic acids is 2. The van der Waals surface area contributed by atoms with E-state index >= 15 is 0 Å². The first kappa shape index (κ1) is 17.9. The third-order valence-electron chi connectivity index (χ3n) is 5.05. The van der Waals surface area contributed by atoms with Crippen molar-refractivity contribution in [3.63, 3.8) is 0 Å². The topological polar surface area (TPSA) is 61.9 Å². The Hall–Kier alpha value is -1.92. The van der Waals surface area contributed by atoms with Crippen LogP contribution in [0.2, 0.25) is 0 Å². The van der Waals surface area contributed by atoms with E-state index < -0.39 is 0 Å². The molecule has 6 nitrogen and oxygen atoms in total. The van der Waals surface area contributed by atoms with Gasteiger partial charge in [0.2, 0.25) is 11.8 Å². The summed E-state index contributed by atoms with van der Waals surface area (Å²) < 4.78 is 6.02. The van der Waals surface area contributed by atoms with Crippen molar-refractivity contribution in [2.24, 2.45) is 0 Å². The lowest BCUT2D eigenvalue weighted by Crippen LogP contribution is -2.55. The molecule has 2 saturated heterocycles. The minimum atomic E-state index is -0.112. The molecule has 2 amide bonds. The molecule has 0 aromatic heterocycles. The first-order valence-corrected chi connectivity index (χ1v) is 8.92. The summed E-state index contributed by atoms with van der Waals surface area (Å²) in [6.07, 6.45) is -0.112. The smallest absolute Gasteiger partial charge is 0.242 e. The zero-order valence-electron chi connectivity index (χ0n) is 15.2. The summed E-state index contributed by atoms with van der Waals surface area (Å²) >= 11 is 0. The molecule has 2 heterocycles. The molecule has 2 fully saturated rings. The average Bonchev–Trinajstić information content (AvgIpc) is 2.59. The maximum absolute atomic E-state index is 12.8. The number of hydrogen-bond acceptors (Lipinski definition) is 4. The summed E-state index contributed by atoms with van der Waals surface area (Å²) in [6.45, 7) is 8.98. The molecule has 2 aliphatic heterocycles. The Bertz CT molecular complexity index is 661. The lowest BCUT2D eigenvalue weighted by molar-refractivity contribution is -0.149. The van der Waals surface area contributed by atoms with Crippen LogP contribution in [0, 0.1) is 13.8 Å². The molecule has 2 aliphatic rings. The lowest BCUT2D eigenvalue weighted by Gasteiger charge is -2.40. The van der Waals surface area contributed by atoms with Crippen LogP contribution in [0.4, 0.5) is 0 Å². The van der Waals surface area contributed by atoms with Crippen LogP contribution in [0.3, 0.4) is 0 Å². The van der Waals surface area contributed by atoms with Crippen LogP contribution in [0.25, 0.3) is 0 Å². The van der Waals surface area contributed by atoms with Gasteiger partial charge in [0.05, 0.1) is 32.3 Å². The van der Waals surface area contributed by atoms with Gasteiger partial charge >= 0.3 is 0 Å². The molecule has 0 radical (unpaired) electrons. The molecule has 0 aliphatic carbocycles. The van der Waals surface area contributed by atoms with Gasteiger partial charge in [-0.25, -0.2) is 0 Å². The Morgan fingerprint density at radius 2 is 2.16 bits per heavy atom. The SMILES string of the molecule is Cc1ccc(C)c([C@@H]2CN(C(=O)CN3CCNCC3=O)[C@@H](C)CO2)c1. The van der Waals surface area contributed by atoms with Crippen LogP contribution in [0.5, 0.6) is 0 Å². The number of carbonyl (C=O) groups is 2. The fourth-order valence-electron chi connectivity index (χ4n) is 3.47. The standard InChI is InChI=1S/C19H27N3O3/c1-13-4-5-14(2)16(8-13)17-10-22(15(3)12-25-17)19(24)11-21-7-6-20-9-18(21)23/h4-5,8,15,17,20H,6-7,9-12H2,1-3H3/t15-,17-/m0/s1. The fourth-order valence-corrected chi connectivity index (χ4v) is 3.47. The number of morpholine rings is 1. The molecule has 25 heavy (non-hydrogen) atoms. The second-order valence-corrected chi connectivity index (χ2v) is 7.07. The predicted octanol–water partition coefficient (Wildman–Crippen LogP) is 1.02. The molecule has 1 aromatic carbocycles. The Labute approximate surface area is 149 Å². The van der Waals surface area contributed by atoms with E-state index in [9.17, 15) is 9.59 Å². The van der Waals surface area contributed by atoms with Crippen LogP contribution in [0.1, 0.15) is 29.7 Å². The maximum atomic E-state index is 12.8. The molecule has 0 saturated carbocycles. The first-order chi connectivity index (χ1) is 12.0. The van der Waals surface area contributed by atoms with Gasteiger partial charge in [-0.2, -0.15) is 0 Å². The minimum absolute atomic E-state index is 0.00126. The zero-order valence-corrected chi connectivity index (χ0v) is 15.2. The van der Waals surface area contributed by atoms with Gasteiger partial charge in [-0.1, -0.05) is 23.8 Å². The molecular weight excluding hydrogens is 318 g/mol. The van der Waals surface area contributed by atoms with Crippen molar-refractivity contribution in [2.75, 3.05) is 39.3 Å². The van der Waals surface area contributed by atoms with Gasteiger partial charge in [-0.05, 0) is 31.9 Å². The summed E-state index contributed by atoms with van der Waals surface area (Å²) in [6, 6.07) is 6.34. The van der Waals surface area contributed by atoms with E-state index in [1.807, 2.05) is 11.8 Å². The highest BCUT2D eigenvalue weighted by atomic mass is 16.5. The van der Waals surface area contributed by atoms with Crippen LogP contribution in [0.15, 0.2) is 18.2 Å². The van der Waals surface area contributed by atoms with E-state index in [2.05, 4.69) is 37.4 Å². The van der Waals surface area contributed by atoms with Crippen molar-refractivity contribution in [3.8, 4) is 0 Å². The Kier molecular flexibility index (Phi) is 5.39. The second kappa shape index (κ2) is 7.54. The molecule has 0 unspecified atom stereocenters. The molecule has 3 rings (SSSR count). The molecule has 0 bridgehead atoms. The summed E-state index contributed by atoms with van der Waals surface area (Å²) in [5, 5.41) is 3.03. The van der Waals surface area contributed by atoms with E-state index in [1.54, 1.807) is 4.90 Å². The van der Waals surface area contributed by atoms with Crippen LogP contribution in [-0.2, 0) is 14.3 Å². The highest BCUT2D eigenvalue weighted by Gasteiger charge is 2.32. The number of amides is 2. The van der Waals surface area contributed by atoms with Crippen LogP contribution in [-0.4, -0.2) is 67.0 Å². The summed E-state index contributed by atoms with van der Waals surface area (Å²) in [5.41, 5.74) is 3.50. The normalized spacial score (nSPS) is 24.5. The Balaban J connectivity index is 1.70. The molecule has 136 valence electrons. The lowest BCUT2D eigenvalue weighted by atomic mass is 9.99. The highest BCUT2D eigenvalue weighted by Crippen LogP contribution is 2.28. The second-order valence-electron chi connectivity index (χ2n) is 7.07. The summed E-state index contributed by atoms with van der Waals surface area (Å²) in [5.74, 6) is -0.00653. The van der Waals surface area contributed by atoms with Crippen molar-refractivity contribution >= 4 is 11.8 Å². The number of piperazine rings is 1. The number of ether oxygens (including phenoxy) is 1. The van der Waals surface area contributed by atoms with Crippen molar-refractivity contribution in [1.82, 2.24) is 15.1 Å².